The summed E-state index contributed by atoms with van der Waals surface area (Å²) in [6, 6.07) is 9.83. The maximum absolute atomic E-state index is 14.9. The lowest BCUT2D eigenvalue weighted by Crippen LogP contribution is -2.18. The fourth-order valence-corrected chi connectivity index (χ4v) is 6.77. The second-order valence-electron chi connectivity index (χ2n) is 11.4. The zero-order valence-electron chi connectivity index (χ0n) is 21.5. The molecular weight excluding hydrogens is 458 g/mol. The van der Waals surface area contributed by atoms with Crippen molar-refractivity contribution in [1.82, 2.24) is 0 Å². The smallest absolute Gasteiger partial charge is 0.134 e. The van der Waals surface area contributed by atoms with Crippen LogP contribution in [0.3, 0.4) is 0 Å². The zero-order valence-corrected chi connectivity index (χ0v) is 22.3. The predicted octanol–water partition coefficient (Wildman–Crippen LogP) is 11.1. The summed E-state index contributed by atoms with van der Waals surface area (Å²) in [6.45, 7) is 2.29. The van der Waals surface area contributed by atoms with Crippen molar-refractivity contribution in [1.29, 1.82) is 0 Å². The average molecular weight is 501 g/mol. The Morgan fingerprint density at radius 1 is 0.686 bits per heavy atom. The van der Waals surface area contributed by atoms with Crippen LogP contribution in [0.1, 0.15) is 115 Å². The molecular formula is C32H43ClF2. The lowest BCUT2D eigenvalue weighted by atomic mass is 9.74. The van der Waals surface area contributed by atoms with Gasteiger partial charge in [-0.2, -0.15) is 0 Å². The van der Waals surface area contributed by atoms with Crippen LogP contribution in [0.25, 0.3) is 11.1 Å². The molecule has 2 aromatic carbocycles. The minimum atomic E-state index is -0.467. The monoisotopic (exact) mass is 500 g/mol. The molecule has 2 aliphatic rings. The molecule has 35 heavy (non-hydrogen) atoms. The van der Waals surface area contributed by atoms with Crippen molar-refractivity contribution in [3.8, 4) is 11.1 Å². The van der Waals surface area contributed by atoms with Crippen LogP contribution in [0.5, 0.6) is 0 Å². The Hall–Kier alpha value is -1.41. The van der Waals surface area contributed by atoms with Crippen LogP contribution in [0.15, 0.2) is 36.4 Å². The van der Waals surface area contributed by atoms with E-state index in [1.54, 1.807) is 36.4 Å². The normalized spacial score (nSPS) is 25.0. The molecule has 0 spiro atoms. The maximum Gasteiger partial charge on any atom is 0.134 e. The van der Waals surface area contributed by atoms with E-state index in [0.29, 0.717) is 10.6 Å². The summed E-state index contributed by atoms with van der Waals surface area (Å²) in [6.07, 6.45) is 20.0. The summed E-state index contributed by atoms with van der Waals surface area (Å²) in [5.41, 5.74) is 1.41. The van der Waals surface area contributed by atoms with E-state index >= 15 is 0 Å². The van der Waals surface area contributed by atoms with Gasteiger partial charge in [-0.15, -0.1) is 0 Å². The standard InChI is InChI=1S/C32H43ClF2/c1-2-3-4-5-6-23-7-9-24(10-8-23)11-12-25-13-15-26(16-14-25)28-21-30(34)32(31(35)22-28)27-17-19-29(33)20-18-27/h17-26H,2-16H2,1H3/t23-,24-,25?,26?. The second kappa shape index (κ2) is 13.2. The van der Waals surface area contributed by atoms with Crippen LogP contribution in [-0.2, 0) is 0 Å². The second-order valence-corrected chi connectivity index (χ2v) is 11.8. The Morgan fingerprint density at radius 2 is 1.20 bits per heavy atom. The lowest BCUT2D eigenvalue weighted by Gasteiger charge is -2.32. The van der Waals surface area contributed by atoms with E-state index in [4.69, 9.17) is 11.6 Å². The van der Waals surface area contributed by atoms with Crippen molar-refractivity contribution in [2.24, 2.45) is 17.8 Å². The molecule has 0 nitrogen and oxygen atoms in total. The molecule has 0 N–H and O–H groups in total. The molecule has 2 saturated carbocycles. The SMILES string of the molecule is CCCCCC[C@H]1CC[C@H](CCC2CCC(c3cc(F)c(-c4ccc(Cl)cc4)c(F)c3)CC2)CC1. The van der Waals surface area contributed by atoms with E-state index in [1.165, 1.54) is 83.5 Å². The third kappa shape index (κ3) is 7.54. The van der Waals surface area contributed by atoms with Gasteiger partial charge in [0.15, 0.2) is 0 Å². The van der Waals surface area contributed by atoms with Crippen LogP contribution in [0.2, 0.25) is 5.02 Å². The first kappa shape index (κ1) is 26.6. The molecule has 0 saturated heterocycles. The highest BCUT2D eigenvalue weighted by Gasteiger charge is 2.26. The molecule has 0 aliphatic heterocycles. The van der Waals surface area contributed by atoms with Crippen molar-refractivity contribution < 1.29 is 8.78 Å². The predicted molar refractivity (Wildman–Crippen MR) is 145 cm³/mol. The number of halogens is 3. The molecule has 192 valence electrons. The highest BCUT2D eigenvalue weighted by molar-refractivity contribution is 6.30. The number of unbranched alkanes of at least 4 members (excludes halogenated alkanes) is 3. The summed E-state index contributed by atoms with van der Waals surface area (Å²) < 4.78 is 29.8. The zero-order chi connectivity index (χ0) is 24.6. The molecule has 0 atom stereocenters. The third-order valence-corrected chi connectivity index (χ3v) is 9.18. The van der Waals surface area contributed by atoms with Gasteiger partial charge in [0.25, 0.3) is 0 Å². The highest BCUT2D eigenvalue weighted by Crippen LogP contribution is 2.41. The topological polar surface area (TPSA) is 0 Å². The largest absolute Gasteiger partial charge is 0.206 e. The van der Waals surface area contributed by atoms with E-state index in [-0.39, 0.29) is 11.5 Å². The molecule has 0 amide bonds. The van der Waals surface area contributed by atoms with Gasteiger partial charge in [-0.1, -0.05) is 101 Å². The van der Waals surface area contributed by atoms with Gasteiger partial charge in [0.2, 0.25) is 0 Å². The first-order valence-corrected chi connectivity index (χ1v) is 14.7. The number of benzene rings is 2. The Labute approximate surface area is 216 Å². The molecule has 0 heterocycles. The van der Waals surface area contributed by atoms with Crippen LogP contribution >= 0.6 is 11.6 Å². The Morgan fingerprint density at radius 3 is 1.74 bits per heavy atom. The van der Waals surface area contributed by atoms with E-state index in [9.17, 15) is 8.78 Å². The van der Waals surface area contributed by atoms with Gasteiger partial charge in [0.1, 0.15) is 11.6 Å². The Kier molecular flexibility index (Phi) is 10.1. The van der Waals surface area contributed by atoms with Crippen molar-refractivity contribution in [3.05, 3.63) is 58.6 Å². The van der Waals surface area contributed by atoms with Gasteiger partial charge in [0.05, 0.1) is 5.56 Å². The summed E-state index contributed by atoms with van der Waals surface area (Å²) in [7, 11) is 0. The summed E-state index contributed by atoms with van der Waals surface area (Å²) in [5, 5.41) is 0.563. The number of hydrogen-bond acceptors (Lipinski definition) is 0. The average Bonchev–Trinajstić information content (AvgIpc) is 2.87. The van der Waals surface area contributed by atoms with E-state index in [1.807, 2.05) is 0 Å². The minimum Gasteiger partial charge on any atom is -0.206 e. The van der Waals surface area contributed by atoms with Gasteiger partial charge in [-0.3, -0.25) is 0 Å². The summed E-state index contributed by atoms with van der Waals surface area (Å²) >= 11 is 5.93. The fourth-order valence-electron chi connectivity index (χ4n) is 6.65. The molecule has 0 aromatic heterocycles. The van der Waals surface area contributed by atoms with Crippen LogP contribution < -0.4 is 0 Å². The maximum atomic E-state index is 14.9. The van der Waals surface area contributed by atoms with E-state index in [2.05, 4.69) is 6.92 Å². The lowest BCUT2D eigenvalue weighted by molar-refractivity contribution is 0.222. The Balaban J connectivity index is 1.20. The molecule has 0 bridgehead atoms. The van der Waals surface area contributed by atoms with E-state index in [0.717, 1.165) is 36.2 Å². The van der Waals surface area contributed by atoms with Crippen molar-refractivity contribution in [2.75, 3.05) is 0 Å². The quantitative estimate of drug-likeness (QED) is 0.284. The summed E-state index contributed by atoms with van der Waals surface area (Å²) in [5.74, 6) is 2.06. The van der Waals surface area contributed by atoms with Crippen LogP contribution in [0, 0.1) is 29.4 Å². The Bertz CT molecular complexity index is 883. The summed E-state index contributed by atoms with van der Waals surface area (Å²) in [4.78, 5) is 0. The molecule has 0 unspecified atom stereocenters. The molecule has 2 aliphatic carbocycles. The third-order valence-electron chi connectivity index (χ3n) is 8.93. The van der Waals surface area contributed by atoms with Crippen LogP contribution in [0.4, 0.5) is 8.78 Å². The molecule has 0 radical (unpaired) electrons. The van der Waals surface area contributed by atoms with Gasteiger partial charge in [-0.05, 0) is 84.7 Å². The fraction of sp³-hybridized carbons (Fsp3) is 0.625. The first-order chi connectivity index (χ1) is 17.0. The van der Waals surface area contributed by atoms with E-state index < -0.39 is 11.6 Å². The number of hydrogen-bond donors (Lipinski definition) is 0. The van der Waals surface area contributed by atoms with Crippen molar-refractivity contribution >= 4 is 11.6 Å². The molecule has 4 rings (SSSR count). The molecule has 3 heteroatoms. The van der Waals surface area contributed by atoms with Crippen LogP contribution in [-0.4, -0.2) is 0 Å². The highest BCUT2D eigenvalue weighted by atomic mass is 35.5. The molecule has 2 aromatic rings. The van der Waals surface area contributed by atoms with Gasteiger partial charge in [0, 0.05) is 5.02 Å². The van der Waals surface area contributed by atoms with Crippen molar-refractivity contribution in [3.63, 3.8) is 0 Å². The van der Waals surface area contributed by atoms with Crippen molar-refractivity contribution in [2.45, 2.75) is 109 Å². The first-order valence-electron chi connectivity index (χ1n) is 14.3. The van der Waals surface area contributed by atoms with Gasteiger partial charge < -0.3 is 0 Å². The minimum absolute atomic E-state index is 0.0507. The molecule has 2 fully saturated rings. The van der Waals surface area contributed by atoms with Gasteiger partial charge in [-0.25, -0.2) is 8.78 Å². The number of rotatable bonds is 10. The van der Waals surface area contributed by atoms with Gasteiger partial charge >= 0.3 is 0 Å².